The highest BCUT2D eigenvalue weighted by molar-refractivity contribution is 5.23. The number of hydrogen-bond donors (Lipinski definition) is 1. The predicted molar refractivity (Wildman–Crippen MR) is 80.1 cm³/mol. The summed E-state index contributed by atoms with van der Waals surface area (Å²) in [5.41, 5.74) is 2.87. The van der Waals surface area contributed by atoms with Crippen molar-refractivity contribution in [2.45, 2.75) is 37.8 Å². The fraction of sp³-hybridized carbons (Fsp3) is 0.333. The zero-order chi connectivity index (χ0) is 12.9. The quantitative estimate of drug-likeness (QED) is 0.862. The van der Waals surface area contributed by atoms with Gasteiger partial charge in [-0.1, -0.05) is 67.1 Å². The topological polar surface area (TPSA) is 12.0 Å². The smallest absolute Gasteiger partial charge is 0.0208 e. The van der Waals surface area contributed by atoms with Crippen LogP contribution in [0.3, 0.4) is 0 Å². The van der Waals surface area contributed by atoms with Gasteiger partial charge in [0.1, 0.15) is 0 Å². The SMILES string of the molecule is c1ccc(CN[C@H]2CCC[C@H]2c2ccccc2)cc1. The normalized spacial score (nSPS) is 22.5. The number of benzene rings is 2. The van der Waals surface area contributed by atoms with E-state index >= 15 is 0 Å². The van der Waals surface area contributed by atoms with Gasteiger partial charge in [0, 0.05) is 12.6 Å². The maximum absolute atomic E-state index is 3.75. The molecule has 0 aromatic heterocycles. The Morgan fingerprint density at radius 2 is 1.53 bits per heavy atom. The van der Waals surface area contributed by atoms with Crippen molar-refractivity contribution in [3.8, 4) is 0 Å². The van der Waals surface area contributed by atoms with Crippen molar-refractivity contribution in [1.29, 1.82) is 0 Å². The summed E-state index contributed by atoms with van der Waals surface area (Å²) in [5, 5.41) is 3.75. The first-order valence-electron chi connectivity index (χ1n) is 7.26. The number of nitrogens with one attached hydrogen (secondary N) is 1. The number of rotatable bonds is 4. The Morgan fingerprint density at radius 1 is 0.842 bits per heavy atom. The van der Waals surface area contributed by atoms with E-state index in [-0.39, 0.29) is 0 Å². The maximum atomic E-state index is 3.75. The van der Waals surface area contributed by atoms with E-state index in [0.29, 0.717) is 12.0 Å². The minimum absolute atomic E-state index is 0.627. The third kappa shape index (κ3) is 3.05. The van der Waals surface area contributed by atoms with Crippen molar-refractivity contribution in [3.05, 3.63) is 71.8 Å². The molecule has 0 unspecified atom stereocenters. The fourth-order valence-electron chi connectivity index (χ4n) is 3.15. The summed E-state index contributed by atoms with van der Waals surface area (Å²) in [6, 6.07) is 22.3. The van der Waals surface area contributed by atoms with Crippen LogP contribution in [0.4, 0.5) is 0 Å². The summed E-state index contributed by atoms with van der Waals surface area (Å²) in [5.74, 6) is 0.685. The molecule has 0 radical (unpaired) electrons. The van der Waals surface area contributed by atoms with Crippen molar-refractivity contribution in [1.82, 2.24) is 5.32 Å². The van der Waals surface area contributed by atoms with E-state index in [9.17, 15) is 0 Å². The van der Waals surface area contributed by atoms with Gasteiger partial charge in [-0.3, -0.25) is 0 Å². The molecule has 2 atom stereocenters. The monoisotopic (exact) mass is 251 g/mol. The lowest BCUT2D eigenvalue weighted by Crippen LogP contribution is -2.30. The zero-order valence-corrected chi connectivity index (χ0v) is 11.3. The van der Waals surface area contributed by atoms with Crippen molar-refractivity contribution < 1.29 is 0 Å². The molecule has 0 bridgehead atoms. The summed E-state index contributed by atoms with van der Waals surface area (Å²) in [7, 11) is 0. The molecule has 0 aliphatic heterocycles. The molecule has 98 valence electrons. The lowest BCUT2D eigenvalue weighted by Gasteiger charge is -2.21. The van der Waals surface area contributed by atoms with E-state index in [4.69, 9.17) is 0 Å². The second-order valence-electron chi connectivity index (χ2n) is 5.42. The molecule has 3 rings (SSSR count). The van der Waals surface area contributed by atoms with Gasteiger partial charge in [-0.25, -0.2) is 0 Å². The van der Waals surface area contributed by atoms with Crippen LogP contribution in [0.15, 0.2) is 60.7 Å². The first-order chi connectivity index (χ1) is 9.43. The van der Waals surface area contributed by atoms with Gasteiger partial charge in [-0.15, -0.1) is 0 Å². The molecule has 1 aliphatic rings. The minimum atomic E-state index is 0.627. The zero-order valence-electron chi connectivity index (χ0n) is 11.3. The van der Waals surface area contributed by atoms with Crippen LogP contribution in [0.2, 0.25) is 0 Å². The van der Waals surface area contributed by atoms with Crippen molar-refractivity contribution in [3.63, 3.8) is 0 Å². The molecule has 0 heterocycles. The van der Waals surface area contributed by atoms with Crippen LogP contribution in [0.1, 0.15) is 36.3 Å². The first-order valence-corrected chi connectivity index (χ1v) is 7.26. The Bertz CT molecular complexity index is 492. The largest absolute Gasteiger partial charge is 0.309 e. The van der Waals surface area contributed by atoms with Gasteiger partial charge in [0.25, 0.3) is 0 Å². The summed E-state index contributed by atoms with van der Waals surface area (Å²) >= 11 is 0. The second-order valence-corrected chi connectivity index (χ2v) is 5.42. The molecule has 1 N–H and O–H groups in total. The average molecular weight is 251 g/mol. The van der Waals surface area contributed by atoms with Gasteiger partial charge in [0.2, 0.25) is 0 Å². The minimum Gasteiger partial charge on any atom is -0.309 e. The van der Waals surface area contributed by atoms with Crippen molar-refractivity contribution in [2.75, 3.05) is 0 Å². The summed E-state index contributed by atoms with van der Waals surface area (Å²) in [6.45, 7) is 0.981. The first kappa shape index (κ1) is 12.4. The molecular weight excluding hydrogens is 230 g/mol. The van der Waals surface area contributed by atoms with Crippen LogP contribution in [0, 0.1) is 0 Å². The molecule has 1 nitrogen and oxygen atoms in total. The Balaban J connectivity index is 1.64. The molecule has 1 heteroatoms. The van der Waals surface area contributed by atoms with Crippen LogP contribution in [0.5, 0.6) is 0 Å². The van der Waals surface area contributed by atoms with Crippen LogP contribution in [-0.2, 0) is 6.54 Å². The van der Waals surface area contributed by atoms with Gasteiger partial charge in [0.15, 0.2) is 0 Å². The molecule has 2 aromatic carbocycles. The van der Waals surface area contributed by atoms with Gasteiger partial charge in [-0.05, 0) is 29.9 Å². The van der Waals surface area contributed by atoms with Crippen molar-refractivity contribution >= 4 is 0 Å². The molecule has 1 fully saturated rings. The fourth-order valence-corrected chi connectivity index (χ4v) is 3.15. The van der Waals surface area contributed by atoms with E-state index in [1.54, 1.807) is 0 Å². The molecule has 1 saturated carbocycles. The molecule has 1 aliphatic carbocycles. The van der Waals surface area contributed by atoms with E-state index in [1.807, 2.05) is 0 Å². The predicted octanol–water partition coefficient (Wildman–Crippen LogP) is 4.11. The van der Waals surface area contributed by atoms with Crippen LogP contribution in [-0.4, -0.2) is 6.04 Å². The highest BCUT2D eigenvalue weighted by atomic mass is 14.9. The van der Waals surface area contributed by atoms with Crippen LogP contribution < -0.4 is 5.32 Å². The van der Waals surface area contributed by atoms with E-state index in [1.165, 1.54) is 30.4 Å². The highest BCUT2D eigenvalue weighted by Gasteiger charge is 2.27. The van der Waals surface area contributed by atoms with Gasteiger partial charge in [0.05, 0.1) is 0 Å². The van der Waals surface area contributed by atoms with Crippen LogP contribution in [0.25, 0.3) is 0 Å². The van der Waals surface area contributed by atoms with Gasteiger partial charge < -0.3 is 5.32 Å². The molecule has 0 amide bonds. The third-order valence-corrected chi connectivity index (χ3v) is 4.15. The molecular formula is C18H21N. The Morgan fingerprint density at radius 3 is 2.26 bits per heavy atom. The van der Waals surface area contributed by atoms with Crippen molar-refractivity contribution in [2.24, 2.45) is 0 Å². The Labute approximate surface area is 115 Å². The maximum Gasteiger partial charge on any atom is 0.0208 e. The molecule has 0 saturated heterocycles. The van der Waals surface area contributed by atoms with E-state index < -0.39 is 0 Å². The standard InChI is InChI=1S/C18H21N/c1-3-8-15(9-4-1)14-19-18-13-7-12-17(18)16-10-5-2-6-11-16/h1-6,8-11,17-19H,7,12-14H2/t17-,18-/m0/s1. The van der Waals surface area contributed by atoms with Gasteiger partial charge >= 0.3 is 0 Å². The van der Waals surface area contributed by atoms with E-state index in [0.717, 1.165) is 6.54 Å². The Kier molecular flexibility index (Phi) is 3.95. The van der Waals surface area contributed by atoms with Crippen LogP contribution >= 0.6 is 0 Å². The molecule has 2 aromatic rings. The Hall–Kier alpha value is -1.60. The number of hydrogen-bond acceptors (Lipinski definition) is 1. The lowest BCUT2D eigenvalue weighted by atomic mass is 9.94. The summed E-state index contributed by atoms with van der Waals surface area (Å²) in [4.78, 5) is 0. The lowest BCUT2D eigenvalue weighted by molar-refractivity contribution is 0.478. The summed E-state index contributed by atoms with van der Waals surface area (Å²) in [6.07, 6.45) is 3.95. The molecule has 0 spiro atoms. The van der Waals surface area contributed by atoms with Gasteiger partial charge in [-0.2, -0.15) is 0 Å². The molecule has 19 heavy (non-hydrogen) atoms. The average Bonchev–Trinajstić information content (AvgIpc) is 2.95. The second kappa shape index (κ2) is 6.03. The summed E-state index contributed by atoms with van der Waals surface area (Å²) < 4.78 is 0. The van der Waals surface area contributed by atoms with E-state index in [2.05, 4.69) is 66.0 Å². The third-order valence-electron chi connectivity index (χ3n) is 4.15. The highest BCUT2D eigenvalue weighted by Crippen LogP contribution is 2.34.